The summed E-state index contributed by atoms with van der Waals surface area (Å²) in [5.74, 6) is 1.55. The van der Waals surface area contributed by atoms with Crippen molar-refractivity contribution in [3.05, 3.63) is 78.8 Å². The molecule has 6 heteroatoms. The molecule has 0 saturated heterocycles. The highest BCUT2D eigenvalue weighted by molar-refractivity contribution is 5.97. The van der Waals surface area contributed by atoms with Crippen LogP contribution in [0.3, 0.4) is 0 Å². The van der Waals surface area contributed by atoms with E-state index >= 15 is 0 Å². The molecule has 1 aliphatic rings. The zero-order valence-electron chi connectivity index (χ0n) is 20.1. The standard InChI is InChI=1S/C28H30N4.CH2O2/c1-3-17-32-27(19(2)29)26(31-28(32)21-13-8-5-9-14-21)24-18-22-15-10-16-23(25(22)30-24)20-11-6-4-7-12-20;2-1-3/h3-4,6-7,10-12,15-18,21,30H,2,5,8-9,13-14,29H2,1H3;1H,(H,2,3)/b17-3-;. The predicted octanol–water partition coefficient (Wildman–Crippen LogP) is 6.87. The van der Waals surface area contributed by atoms with Crippen LogP contribution in [0, 0.1) is 0 Å². The highest BCUT2D eigenvalue weighted by atomic mass is 16.3. The Morgan fingerprint density at radius 1 is 1.14 bits per heavy atom. The largest absolute Gasteiger partial charge is 0.483 e. The van der Waals surface area contributed by atoms with E-state index in [4.69, 9.17) is 20.6 Å². The van der Waals surface area contributed by atoms with Gasteiger partial charge in [0.2, 0.25) is 0 Å². The number of allylic oxidation sites excluding steroid dienone is 1. The molecule has 1 aliphatic carbocycles. The topological polar surface area (TPSA) is 96.9 Å². The monoisotopic (exact) mass is 468 g/mol. The molecule has 2 heterocycles. The Hall–Kier alpha value is -4.06. The molecule has 0 spiro atoms. The molecule has 0 amide bonds. The molecule has 1 saturated carbocycles. The van der Waals surface area contributed by atoms with Crippen molar-refractivity contribution in [2.45, 2.75) is 44.9 Å². The van der Waals surface area contributed by atoms with Gasteiger partial charge in [0.25, 0.3) is 6.47 Å². The number of nitrogens with two attached hydrogens (primary N) is 1. The van der Waals surface area contributed by atoms with Crippen molar-refractivity contribution in [3.8, 4) is 22.5 Å². The molecule has 0 aliphatic heterocycles. The summed E-state index contributed by atoms with van der Waals surface area (Å²) >= 11 is 0. The molecule has 180 valence electrons. The first-order valence-electron chi connectivity index (χ1n) is 12.0. The van der Waals surface area contributed by atoms with Crippen molar-refractivity contribution in [1.29, 1.82) is 0 Å². The fraction of sp³-hybridized carbons (Fsp3) is 0.241. The smallest absolute Gasteiger partial charge is 0.290 e. The van der Waals surface area contributed by atoms with Crippen LogP contribution in [0.15, 0.2) is 67.3 Å². The summed E-state index contributed by atoms with van der Waals surface area (Å²) < 4.78 is 2.16. The van der Waals surface area contributed by atoms with E-state index in [0.717, 1.165) is 33.8 Å². The number of para-hydroxylation sites is 1. The maximum Gasteiger partial charge on any atom is 0.290 e. The van der Waals surface area contributed by atoms with Crippen LogP contribution >= 0.6 is 0 Å². The van der Waals surface area contributed by atoms with Gasteiger partial charge in [0.15, 0.2) is 0 Å². The van der Waals surface area contributed by atoms with Crippen molar-refractivity contribution >= 4 is 29.3 Å². The second-order valence-corrected chi connectivity index (χ2v) is 8.80. The zero-order chi connectivity index (χ0) is 24.8. The number of aromatic amines is 1. The van der Waals surface area contributed by atoms with Crippen LogP contribution in [0.1, 0.15) is 56.5 Å². The minimum atomic E-state index is -0.250. The molecule has 1 fully saturated rings. The second-order valence-electron chi connectivity index (χ2n) is 8.80. The molecule has 0 unspecified atom stereocenters. The average molecular weight is 469 g/mol. The van der Waals surface area contributed by atoms with E-state index in [-0.39, 0.29) is 6.47 Å². The number of imidazole rings is 1. The molecular formula is C29H32N4O2. The van der Waals surface area contributed by atoms with Gasteiger partial charge in [0, 0.05) is 23.1 Å². The molecule has 0 radical (unpaired) electrons. The number of H-pyrrole nitrogens is 1. The van der Waals surface area contributed by atoms with E-state index in [1.54, 1.807) is 0 Å². The van der Waals surface area contributed by atoms with Crippen LogP contribution in [0.4, 0.5) is 0 Å². The minimum Gasteiger partial charge on any atom is -0.483 e. The first-order valence-corrected chi connectivity index (χ1v) is 12.0. The number of aromatic nitrogens is 3. The van der Waals surface area contributed by atoms with Gasteiger partial charge >= 0.3 is 0 Å². The molecule has 4 N–H and O–H groups in total. The number of rotatable bonds is 5. The molecular weight excluding hydrogens is 436 g/mol. The third kappa shape index (κ3) is 4.92. The van der Waals surface area contributed by atoms with E-state index < -0.39 is 0 Å². The zero-order valence-corrected chi connectivity index (χ0v) is 20.1. The predicted molar refractivity (Wildman–Crippen MR) is 144 cm³/mol. The van der Waals surface area contributed by atoms with Gasteiger partial charge in [-0.05, 0) is 31.4 Å². The van der Waals surface area contributed by atoms with Crippen LogP contribution in [0.25, 0.3) is 45.3 Å². The lowest BCUT2D eigenvalue weighted by Gasteiger charge is -2.21. The number of nitrogens with one attached hydrogen (secondary N) is 1. The summed E-state index contributed by atoms with van der Waals surface area (Å²) in [5.41, 5.74) is 13.1. The molecule has 2 aromatic carbocycles. The van der Waals surface area contributed by atoms with E-state index in [9.17, 15) is 0 Å². The number of carbonyl (C=O) groups is 1. The van der Waals surface area contributed by atoms with E-state index in [1.807, 2.05) is 19.1 Å². The first-order chi connectivity index (χ1) is 17.1. The number of carboxylic acid groups (broad SMARTS) is 1. The highest BCUT2D eigenvalue weighted by Crippen LogP contribution is 2.38. The van der Waals surface area contributed by atoms with Gasteiger partial charge in [-0.2, -0.15) is 0 Å². The van der Waals surface area contributed by atoms with Crippen LogP contribution < -0.4 is 5.73 Å². The number of hydrogen-bond donors (Lipinski definition) is 3. The maximum absolute atomic E-state index is 8.36. The van der Waals surface area contributed by atoms with Crippen molar-refractivity contribution in [2.75, 3.05) is 0 Å². The summed E-state index contributed by atoms with van der Waals surface area (Å²) in [6, 6.07) is 19.1. The molecule has 6 nitrogen and oxygen atoms in total. The molecule has 0 bridgehead atoms. The van der Waals surface area contributed by atoms with E-state index in [2.05, 4.69) is 70.9 Å². The third-order valence-corrected chi connectivity index (χ3v) is 6.51. The van der Waals surface area contributed by atoms with Crippen molar-refractivity contribution in [1.82, 2.24) is 14.5 Å². The summed E-state index contributed by atoms with van der Waals surface area (Å²) in [6.45, 7) is 5.88. The number of nitrogens with zero attached hydrogens (tertiary/aromatic N) is 2. The van der Waals surface area contributed by atoms with Crippen LogP contribution in [-0.2, 0) is 4.79 Å². The van der Waals surface area contributed by atoms with Crippen molar-refractivity contribution in [2.24, 2.45) is 5.73 Å². The van der Waals surface area contributed by atoms with Gasteiger partial charge in [0.1, 0.15) is 11.5 Å². The molecule has 5 rings (SSSR count). The van der Waals surface area contributed by atoms with Crippen LogP contribution in [0.2, 0.25) is 0 Å². The number of benzene rings is 2. The molecule has 0 atom stereocenters. The minimum absolute atomic E-state index is 0.250. The summed E-state index contributed by atoms with van der Waals surface area (Å²) in [6.07, 6.45) is 10.3. The third-order valence-electron chi connectivity index (χ3n) is 6.51. The van der Waals surface area contributed by atoms with Gasteiger partial charge in [-0.3, -0.25) is 4.79 Å². The van der Waals surface area contributed by atoms with Gasteiger partial charge in [-0.15, -0.1) is 0 Å². The Bertz CT molecular complexity index is 1340. The van der Waals surface area contributed by atoms with Gasteiger partial charge in [-0.25, -0.2) is 4.98 Å². The Morgan fingerprint density at radius 3 is 2.51 bits per heavy atom. The average Bonchev–Trinajstić information content (AvgIpc) is 3.48. The van der Waals surface area contributed by atoms with Crippen molar-refractivity contribution < 1.29 is 9.90 Å². The van der Waals surface area contributed by atoms with Crippen LogP contribution in [-0.4, -0.2) is 26.1 Å². The molecule has 2 aromatic heterocycles. The number of fused-ring (bicyclic) bond motifs is 1. The number of hydrogen-bond acceptors (Lipinski definition) is 3. The maximum atomic E-state index is 8.36. The van der Waals surface area contributed by atoms with Gasteiger partial charge < -0.3 is 20.4 Å². The second kappa shape index (κ2) is 10.9. The fourth-order valence-corrected chi connectivity index (χ4v) is 5.04. The lowest BCUT2D eigenvalue weighted by Crippen LogP contribution is -2.11. The fourth-order valence-electron chi connectivity index (χ4n) is 5.04. The summed E-state index contributed by atoms with van der Waals surface area (Å²) in [4.78, 5) is 17.2. The van der Waals surface area contributed by atoms with Gasteiger partial charge in [-0.1, -0.05) is 80.4 Å². The Kier molecular flexibility index (Phi) is 7.51. The Morgan fingerprint density at radius 2 is 1.86 bits per heavy atom. The lowest BCUT2D eigenvalue weighted by molar-refractivity contribution is -0.122. The van der Waals surface area contributed by atoms with Gasteiger partial charge in [0.05, 0.1) is 22.6 Å². The first kappa shape index (κ1) is 24.1. The molecule has 35 heavy (non-hydrogen) atoms. The van der Waals surface area contributed by atoms with Crippen LogP contribution in [0.5, 0.6) is 0 Å². The quantitative estimate of drug-likeness (QED) is 0.279. The van der Waals surface area contributed by atoms with Crippen molar-refractivity contribution in [3.63, 3.8) is 0 Å². The highest BCUT2D eigenvalue weighted by Gasteiger charge is 2.26. The Balaban J connectivity index is 0.000000917. The van der Waals surface area contributed by atoms with E-state index in [1.165, 1.54) is 43.2 Å². The summed E-state index contributed by atoms with van der Waals surface area (Å²) in [7, 11) is 0. The normalized spacial score (nSPS) is 14.1. The summed E-state index contributed by atoms with van der Waals surface area (Å²) in [5, 5.41) is 8.05. The lowest BCUT2D eigenvalue weighted by atomic mass is 9.88. The van der Waals surface area contributed by atoms with E-state index in [0.29, 0.717) is 11.6 Å². The molecule has 4 aromatic rings. The SMILES string of the molecule is C=C(N)c1c(-c2cc3cccc(-c4ccccc4)c3[nH]2)nc(C2CCCCC2)n1/C=C\C.O=CO. The Labute approximate surface area is 205 Å².